The molecule has 0 saturated carbocycles. The Morgan fingerprint density at radius 3 is 2.83 bits per heavy atom. The van der Waals surface area contributed by atoms with E-state index in [-0.39, 0.29) is 0 Å². The predicted octanol–water partition coefficient (Wildman–Crippen LogP) is 1.07. The van der Waals surface area contributed by atoms with Crippen molar-refractivity contribution in [2.75, 3.05) is 33.2 Å². The van der Waals surface area contributed by atoms with Crippen molar-refractivity contribution in [1.29, 1.82) is 0 Å². The molecule has 4 heteroatoms. The second kappa shape index (κ2) is 6.53. The lowest BCUT2D eigenvalue weighted by molar-refractivity contribution is -0.133. The molecular formula is C14H27N3O. The minimum Gasteiger partial charge on any atom is -0.339 e. The van der Waals surface area contributed by atoms with E-state index in [2.05, 4.69) is 29.1 Å². The van der Waals surface area contributed by atoms with Crippen LogP contribution >= 0.6 is 0 Å². The number of carbonyl (C=O) groups excluding carboxylic acids is 1. The van der Waals surface area contributed by atoms with Gasteiger partial charge in [0.25, 0.3) is 0 Å². The van der Waals surface area contributed by atoms with Gasteiger partial charge in [0, 0.05) is 31.6 Å². The van der Waals surface area contributed by atoms with E-state index in [1.165, 1.54) is 12.8 Å². The Hall–Kier alpha value is -0.610. The molecule has 2 saturated heterocycles. The first kappa shape index (κ1) is 13.8. The van der Waals surface area contributed by atoms with E-state index in [9.17, 15) is 4.79 Å². The lowest BCUT2D eigenvalue weighted by atomic mass is 10.0. The summed E-state index contributed by atoms with van der Waals surface area (Å²) < 4.78 is 0. The van der Waals surface area contributed by atoms with Gasteiger partial charge in [-0.15, -0.1) is 0 Å². The number of likely N-dealkylation sites (N-methyl/N-ethyl adjacent to an activating group) is 1. The second-order valence-corrected chi connectivity index (χ2v) is 5.90. The summed E-state index contributed by atoms with van der Waals surface area (Å²) in [7, 11) is 2.15. The van der Waals surface area contributed by atoms with Gasteiger partial charge in [0.2, 0.25) is 5.91 Å². The smallest absolute Gasteiger partial charge is 0.224 e. The average molecular weight is 253 g/mol. The number of hydrogen-bond acceptors (Lipinski definition) is 3. The number of piperidine rings is 1. The number of amides is 1. The monoisotopic (exact) mass is 253 g/mol. The minimum atomic E-state index is 0.345. The van der Waals surface area contributed by atoms with E-state index in [1.54, 1.807) is 0 Å². The molecule has 2 heterocycles. The largest absolute Gasteiger partial charge is 0.339 e. The van der Waals surface area contributed by atoms with Crippen molar-refractivity contribution < 1.29 is 4.79 Å². The lowest BCUT2D eigenvalue weighted by Gasteiger charge is -2.31. The van der Waals surface area contributed by atoms with Crippen molar-refractivity contribution in [2.45, 2.75) is 51.1 Å². The molecule has 1 N–H and O–H groups in total. The fourth-order valence-electron chi connectivity index (χ4n) is 3.17. The Morgan fingerprint density at radius 1 is 1.28 bits per heavy atom. The van der Waals surface area contributed by atoms with Crippen LogP contribution in [0.5, 0.6) is 0 Å². The van der Waals surface area contributed by atoms with Gasteiger partial charge in [0.1, 0.15) is 0 Å². The summed E-state index contributed by atoms with van der Waals surface area (Å²) in [6.07, 6.45) is 5.48. The maximum atomic E-state index is 12.4. The molecular weight excluding hydrogens is 226 g/mol. The number of carbonyl (C=O) groups is 1. The van der Waals surface area contributed by atoms with Gasteiger partial charge < -0.3 is 15.1 Å². The van der Waals surface area contributed by atoms with Crippen molar-refractivity contribution in [2.24, 2.45) is 0 Å². The highest BCUT2D eigenvalue weighted by molar-refractivity contribution is 5.77. The number of rotatable bonds is 2. The van der Waals surface area contributed by atoms with E-state index in [4.69, 9.17) is 0 Å². The normalized spacial score (nSPS) is 31.1. The van der Waals surface area contributed by atoms with Gasteiger partial charge in [-0.3, -0.25) is 4.79 Å². The number of nitrogens with one attached hydrogen (secondary N) is 1. The second-order valence-electron chi connectivity index (χ2n) is 5.90. The van der Waals surface area contributed by atoms with Gasteiger partial charge >= 0.3 is 0 Å². The van der Waals surface area contributed by atoms with E-state index < -0.39 is 0 Å². The van der Waals surface area contributed by atoms with Crippen LogP contribution in [0.4, 0.5) is 0 Å². The summed E-state index contributed by atoms with van der Waals surface area (Å²) in [6.45, 7) is 6.29. The molecule has 0 radical (unpaired) electrons. The van der Waals surface area contributed by atoms with Crippen molar-refractivity contribution in [3.05, 3.63) is 0 Å². The molecule has 2 rings (SSSR count). The van der Waals surface area contributed by atoms with Gasteiger partial charge in [-0.1, -0.05) is 6.42 Å². The summed E-state index contributed by atoms with van der Waals surface area (Å²) in [5, 5.41) is 3.47. The van der Waals surface area contributed by atoms with Crippen LogP contribution in [0.2, 0.25) is 0 Å². The van der Waals surface area contributed by atoms with Crippen LogP contribution in [-0.2, 0) is 4.79 Å². The fourth-order valence-corrected chi connectivity index (χ4v) is 3.17. The van der Waals surface area contributed by atoms with Crippen molar-refractivity contribution in [1.82, 2.24) is 15.1 Å². The van der Waals surface area contributed by atoms with Crippen LogP contribution in [0.25, 0.3) is 0 Å². The molecule has 2 atom stereocenters. The van der Waals surface area contributed by atoms with Crippen molar-refractivity contribution >= 4 is 5.91 Å². The maximum Gasteiger partial charge on any atom is 0.224 e. The van der Waals surface area contributed by atoms with Crippen molar-refractivity contribution in [3.8, 4) is 0 Å². The highest BCUT2D eigenvalue weighted by Crippen LogP contribution is 2.15. The molecule has 2 fully saturated rings. The maximum absolute atomic E-state index is 12.4. The summed E-state index contributed by atoms with van der Waals surface area (Å²) in [5.74, 6) is 0.345. The molecule has 1 amide bonds. The first-order valence-corrected chi connectivity index (χ1v) is 7.38. The van der Waals surface area contributed by atoms with Crippen LogP contribution in [0.1, 0.15) is 39.0 Å². The van der Waals surface area contributed by atoms with Crippen LogP contribution in [-0.4, -0.2) is 61.0 Å². The minimum absolute atomic E-state index is 0.345. The van der Waals surface area contributed by atoms with E-state index in [0.717, 1.165) is 39.0 Å². The Morgan fingerprint density at radius 2 is 2.11 bits per heavy atom. The zero-order chi connectivity index (χ0) is 13.0. The van der Waals surface area contributed by atoms with Crippen LogP contribution < -0.4 is 5.32 Å². The molecule has 0 aromatic heterocycles. The molecule has 2 aliphatic rings. The summed E-state index contributed by atoms with van der Waals surface area (Å²) in [4.78, 5) is 16.8. The molecule has 2 aliphatic heterocycles. The van der Waals surface area contributed by atoms with Gasteiger partial charge in [0.05, 0.1) is 0 Å². The Labute approximate surface area is 111 Å². The summed E-state index contributed by atoms with van der Waals surface area (Å²) >= 11 is 0. The molecule has 4 nitrogen and oxygen atoms in total. The molecule has 0 aromatic carbocycles. The predicted molar refractivity (Wildman–Crippen MR) is 73.5 cm³/mol. The highest BCUT2D eigenvalue weighted by Gasteiger charge is 2.26. The van der Waals surface area contributed by atoms with Crippen molar-refractivity contribution in [3.63, 3.8) is 0 Å². The molecule has 2 unspecified atom stereocenters. The number of hydrogen-bond donors (Lipinski definition) is 1. The molecule has 0 aliphatic carbocycles. The molecule has 0 spiro atoms. The first-order valence-electron chi connectivity index (χ1n) is 7.38. The topological polar surface area (TPSA) is 35.6 Å². The highest BCUT2D eigenvalue weighted by atomic mass is 16.2. The van der Waals surface area contributed by atoms with Gasteiger partial charge in [0.15, 0.2) is 0 Å². The molecule has 104 valence electrons. The lowest BCUT2D eigenvalue weighted by Crippen LogP contribution is -2.45. The van der Waals surface area contributed by atoms with Gasteiger partial charge in [-0.25, -0.2) is 0 Å². The van der Waals surface area contributed by atoms with Crippen LogP contribution in [0.15, 0.2) is 0 Å². The summed E-state index contributed by atoms with van der Waals surface area (Å²) in [6, 6.07) is 0.771. The Balaban J connectivity index is 1.86. The van der Waals surface area contributed by atoms with E-state index >= 15 is 0 Å². The zero-order valence-electron chi connectivity index (χ0n) is 11.8. The van der Waals surface area contributed by atoms with Gasteiger partial charge in [-0.05, 0) is 46.3 Å². The van der Waals surface area contributed by atoms with Crippen LogP contribution in [0, 0.1) is 0 Å². The fraction of sp³-hybridized carbons (Fsp3) is 0.929. The van der Waals surface area contributed by atoms with Gasteiger partial charge in [-0.2, -0.15) is 0 Å². The standard InChI is InChI=1S/C14H27N3O/c1-12-11-16(2)8-5-9-17(12)14(18)10-13-6-3-4-7-15-13/h12-13,15H,3-11H2,1-2H3. The Kier molecular flexibility index (Phi) is 5.01. The quantitative estimate of drug-likeness (QED) is 0.799. The zero-order valence-corrected chi connectivity index (χ0v) is 11.8. The SMILES string of the molecule is CC1CN(C)CCCN1C(=O)CC1CCCCN1. The molecule has 0 aromatic rings. The van der Waals surface area contributed by atoms with E-state index in [1.807, 2.05) is 0 Å². The number of nitrogens with zero attached hydrogens (tertiary/aromatic N) is 2. The van der Waals surface area contributed by atoms with E-state index in [0.29, 0.717) is 24.4 Å². The third kappa shape index (κ3) is 3.69. The molecule has 18 heavy (non-hydrogen) atoms. The Bertz CT molecular complexity index is 276. The average Bonchev–Trinajstić information content (AvgIpc) is 2.51. The third-order valence-electron chi connectivity index (χ3n) is 4.20. The first-order chi connectivity index (χ1) is 8.66. The third-order valence-corrected chi connectivity index (χ3v) is 4.20. The summed E-state index contributed by atoms with van der Waals surface area (Å²) in [5.41, 5.74) is 0. The van der Waals surface area contributed by atoms with Crippen LogP contribution in [0.3, 0.4) is 0 Å². The molecule has 0 bridgehead atoms.